The van der Waals surface area contributed by atoms with Crippen LogP contribution in [0.25, 0.3) is 0 Å². The molecule has 0 aromatic carbocycles. The van der Waals surface area contributed by atoms with Crippen LogP contribution in [0.3, 0.4) is 0 Å². The molecule has 0 aliphatic carbocycles. The van der Waals surface area contributed by atoms with Gasteiger partial charge in [-0.15, -0.1) is 0 Å². The third-order valence-corrected chi connectivity index (χ3v) is 14.0. The molecule has 0 N–H and O–H groups in total. The third-order valence-electron chi connectivity index (χ3n) is 14.0. The molecule has 6 nitrogen and oxygen atoms in total. The molecule has 446 valence electrons. The highest BCUT2D eigenvalue weighted by Crippen LogP contribution is 2.16. The summed E-state index contributed by atoms with van der Waals surface area (Å²) >= 11 is 0. The molecule has 6 heteroatoms. The quantitative estimate of drug-likeness (QED) is 0.0261. The van der Waals surface area contributed by atoms with Gasteiger partial charge in [-0.1, -0.05) is 278 Å². The molecular formula is C72H122O6. The smallest absolute Gasteiger partial charge is 0.306 e. The Labute approximate surface area is 482 Å². The van der Waals surface area contributed by atoms with Crippen LogP contribution in [0.1, 0.15) is 310 Å². The molecule has 0 rings (SSSR count). The van der Waals surface area contributed by atoms with Crippen LogP contribution < -0.4 is 0 Å². The molecule has 0 bridgehead atoms. The lowest BCUT2D eigenvalue weighted by Crippen LogP contribution is -2.30. The molecule has 0 aromatic rings. The van der Waals surface area contributed by atoms with Gasteiger partial charge in [0.2, 0.25) is 0 Å². The number of unbranched alkanes of at least 4 members (excludes halogenated alkanes) is 30. The maximum atomic E-state index is 12.9. The fourth-order valence-electron chi connectivity index (χ4n) is 9.07. The van der Waals surface area contributed by atoms with Gasteiger partial charge in [-0.05, 0) is 122 Å². The molecular weight excluding hydrogens is 961 g/mol. The van der Waals surface area contributed by atoms with Gasteiger partial charge < -0.3 is 14.2 Å². The molecule has 0 aliphatic rings. The van der Waals surface area contributed by atoms with Gasteiger partial charge in [0.25, 0.3) is 0 Å². The van der Waals surface area contributed by atoms with E-state index < -0.39 is 6.10 Å². The van der Waals surface area contributed by atoms with Crippen LogP contribution in [0.4, 0.5) is 0 Å². The van der Waals surface area contributed by atoms with Crippen molar-refractivity contribution in [3.05, 3.63) is 109 Å². The molecule has 78 heavy (non-hydrogen) atoms. The highest BCUT2D eigenvalue weighted by Gasteiger charge is 2.19. The minimum atomic E-state index is -0.806. The van der Waals surface area contributed by atoms with Crippen molar-refractivity contribution in [2.45, 2.75) is 316 Å². The Kier molecular flexibility index (Phi) is 62.3. The minimum Gasteiger partial charge on any atom is -0.462 e. The number of esters is 3. The number of allylic oxidation sites excluding steroid dienone is 18. The number of hydrogen-bond donors (Lipinski definition) is 0. The zero-order chi connectivity index (χ0) is 56.4. The summed E-state index contributed by atoms with van der Waals surface area (Å²) in [4.78, 5) is 38.2. The molecule has 0 aromatic heterocycles. The van der Waals surface area contributed by atoms with E-state index in [1.807, 2.05) is 0 Å². The first-order chi connectivity index (χ1) is 38.5. The second-order valence-electron chi connectivity index (χ2n) is 21.6. The molecule has 1 unspecified atom stereocenters. The fraction of sp³-hybridized carbons (Fsp3) is 0.708. The first kappa shape index (κ1) is 74.1. The molecule has 0 radical (unpaired) electrons. The zero-order valence-electron chi connectivity index (χ0n) is 51.2. The standard InChI is InChI=1S/C72H122O6/c1-4-7-10-13-16-19-22-24-26-28-30-32-33-34-35-36-37-38-39-41-42-44-46-48-50-53-56-59-62-65-71(74)77-68-69(67-76-70(73)64-61-58-55-52-21-18-15-12-9-6-3)78-72(75)66-63-60-57-54-51-49-47-45-43-40-31-29-27-25-23-20-17-14-11-8-5-2/h8,11-12,15,17,20,22,24-25,27-28,30-31,40,45,47,51,54,69H,4-7,9-10,13-14,16,18-19,21,23,26,29,32-39,41-44,46,48-50,52-53,55-68H2,1-3H3/b11-8-,15-12-,20-17-,24-22-,27-25-,30-28-,40-31-,47-45-,54-51-. The normalized spacial score (nSPS) is 12.8. The zero-order valence-corrected chi connectivity index (χ0v) is 51.2. The lowest BCUT2D eigenvalue weighted by molar-refractivity contribution is -0.167. The number of ether oxygens (including phenoxy) is 3. The number of carbonyl (C=O) groups excluding carboxylic acids is 3. The van der Waals surface area contributed by atoms with Gasteiger partial charge in [-0.2, -0.15) is 0 Å². The van der Waals surface area contributed by atoms with Crippen LogP contribution in [-0.4, -0.2) is 37.2 Å². The van der Waals surface area contributed by atoms with Gasteiger partial charge in [-0.25, -0.2) is 0 Å². The van der Waals surface area contributed by atoms with E-state index in [9.17, 15) is 14.4 Å². The maximum absolute atomic E-state index is 12.9. The van der Waals surface area contributed by atoms with Crippen LogP contribution in [0, 0.1) is 0 Å². The van der Waals surface area contributed by atoms with Gasteiger partial charge >= 0.3 is 17.9 Å². The SMILES string of the molecule is CC/C=C\C/C=C\C/C=C\C/C=C\C/C=C\C/C=C\CCCCC(=O)OC(COC(=O)CCCCCCC/C=C\CCC)COC(=O)CCCCCCCCCCCCCCCCCCC/C=C\C/C=C\CCCCCCC. The number of rotatable bonds is 59. The summed E-state index contributed by atoms with van der Waals surface area (Å²) in [7, 11) is 0. The van der Waals surface area contributed by atoms with Gasteiger partial charge in [-0.3, -0.25) is 14.4 Å². The topological polar surface area (TPSA) is 78.9 Å². The second-order valence-corrected chi connectivity index (χ2v) is 21.6. The Bertz CT molecular complexity index is 1570. The summed E-state index contributed by atoms with van der Waals surface area (Å²) in [5.41, 5.74) is 0. The highest BCUT2D eigenvalue weighted by atomic mass is 16.6. The lowest BCUT2D eigenvalue weighted by Gasteiger charge is -2.18. The van der Waals surface area contributed by atoms with E-state index in [4.69, 9.17) is 14.2 Å². The molecule has 0 heterocycles. The summed E-state index contributed by atoms with van der Waals surface area (Å²) < 4.78 is 16.8. The van der Waals surface area contributed by atoms with Gasteiger partial charge in [0.15, 0.2) is 6.10 Å². The average molecular weight is 1080 g/mol. The molecule has 0 spiro atoms. The van der Waals surface area contributed by atoms with Crippen LogP contribution in [-0.2, 0) is 28.6 Å². The summed E-state index contributed by atoms with van der Waals surface area (Å²) in [5, 5.41) is 0. The van der Waals surface area contributed by atoms with E-state index in [0.717, 1.165) is 116 Å². The number of hydrogen-bond acceptors (Lipinski definition) is 6. The molecule has 0 fully saturated rings. The minimum absolute atomic E-state index is 0.0978. The van der Waals surface area contributed by atoms with E-state index in [-0.39, 0.29) is 37.5 Å². The van der Waals surface area contributed by atoms with Crippen molar-refractivity contribution in [2.75, 3.05) is 13.2 Å². The van der Waals surface area contributed by atoms with Gasteiger partial charge in [0, 0.05) is 19.3 Å². The first-order valence-electron chi connectivity index (χ1n) is 32.9. The van der Waals surface area contributed by atoms with E-state index in [1.54, 1.807) is 0 Å². The predicted molar refractivity (Wildman–Crippen MR) is 339 cm³/mol. The van der Waals surface area contributed by atoms with Gasteiger partial charge in [0.1, 0.15) is 13.2 Å². The lowest BCUT2D eigenvalue weighted by atomic mass is 10.0. The Balaban J connectivity index is 4.25. The van der Waals surface area contributed by atoms with Crippen LogP contribution in [0.2, 0.25) is 0 Å². The summed E-state index contributed by atoms with van der Waals surface area (Å²) in [5.74, 6) is -0.947. The fourth-order valence-corrected chi connectivity index (χ4v) is 9.07. The van der Waals surface area contributed by atoms with E-state index in [0.29, 0.717) is 19.3 Å². The molecule has 0 amide bonds. The van der Waals surface area contributed by atoms with Crippen molar-refractivity contribution in [2.24, 2.45) is 0 Å². The summed E-state index contributed by atoms with van der Waals surface area (Å²) in [6, 6.07) is 0. The molecule has 1 atom stereocenters. The molecule has 0 aliphatic heterocycles. The largest absolute Gasteiger partial charge is 0.462 e. The Hall–Kier alpha value is -3.93. The molecule has 0 saturated carbocycles. The summed E-state index contributed by atoms with van der Waals surface area (Å²) in [6.07, 6.45) is 89.8. The van der Waals surface area contributed by atoms with Crippen LogP contribution in [0.15, 0.2) is 109 Å². The van der Waals surface area contributed by atoms with Crippen molar-refractivity contribution in [1.82, 2.24) is 0 Å². The van der Waals surface area contributed by atoms with E-state index >= 15 is 0 Å². The molecule has 0 saturated heterocycles. The highest BCUT2D eigenvalue weighted by molar-refractivity contribution is 5.71. The van der Waals surface area contributed by atoms with Crippen molar-refractivity contribution in [1.29, 1.82) is 0 Å². The van der Waals surface area contributed by atoms with Crippen molar-refractivity contribution >= 4 is 17.9 Å². The van der Waals surface area contributed by atoms with Gasteiger partial charge in [0.05, 0.1) is 0 Å². The van der Waals surface area contributed by atoms with Crippen molar-refractivity contribution < 1.29 is 28.6 Å². The van der Waals surface area contributed by atoms with Crippen molar-refractivity contribution in [3.63, 3.8) is 0 Å². The second kappa shape index (κ2) is 65.6. The Morgan fingerprint density at radius 2 is 0.526 bits per heavy atom. The van der Waals surface area contributed by atoms with E-state index in [1.165, 1.54) is 148 Å². The van der Waals surface area contributed by atoms with Crippen molar-refractivity contribution in [3.8, 4) is 0 Å². The summed E-state index contributed by atoms with van der Waals surface area (Å²) in [6.45, 7) is 6.43. The Morgan fingerprint density at radius 1 is 0.269 bits per heavy atom. The van der Waals surface area contributed by atoms with Crippen LogP contribution >= 0.6 is 0 Å². The predicted octanol–water partition coefficient (Wildman–Crippen LogP) is 22.6. The van der Waals surface area contributed by atoms with Crippen LogP contribution in [0.5, 0.6) is 0 Å². The first-order valence-corrected chi connectivity index (χ1v) is 32.9. The number of carbonyl (C=O) groups is 3. The van der Waals surface area contributed by atoms with E-state index in [2.05, 4.69) is 130 Å². The third kappa shape index (κ3) is 62.9. The monoisotopic (exact) mass is 1080 g/mol. The average Bonchev–Trinajstić information content (AvgIpc) is 3.44. The maximum Gasteiger partial charge on any atom is 0.306 e. The Morgan fingerprint density at radius 3 is 0.872 bits per heavy atom.